The van der Waals surface area contributed by atoms with E-state index in [0.717, 1.165) is 5.69 Å². The average molecular weight is 489 g/mol. The van der Waals surface area contributed by atoms with Gasteiger partial charge in [-0.3, -0.25) is 9.59 Å². The molecule has 0 atom stereocenters. The summed E-state index contributed by atoms with van der Waals surface area (Å²) < 4.78 is 16.1. The fourth-order valence-electron chi connectivity index (χ4n) is 3.89. The normalized spacial score (nSPS) is 11.4. The number of fused-ring (bicyclic) bond motifs is 1. The summed E-state index contributed by atoms with van der Waals surface area (Å²) in [6, 6.07) is 20.9. The highest BCUT2D eigenvalue weighted by atomic mass is 19.1. The number of carbonyl (C=O) groups is 2. The topological polar surface area (TPSA) is 83.4 Å². The minimum Gasteiger partial charge on any atom is -0.378 e. The van der Waals surface area contributed by atoms with Gasteiger partial charge in [0.2, 0.25) is 11.8 Å². The van der Waals surface area contributed by atoms with Crippen LogP contribution < -0.4 is 10.2 Å². The maximum absolute atomic E-state index is 14.6. The van der Waals surface area contributed by atoms with E-state index in [-0.39, 0.29) is 13.1 Å². The number of para-hydroxylation sites is 1. The fraction of sp³-hybridized carbons (Fsp3) is 0.259. The predicted molar refractivity (Wildman–Crippen MR) is 138 cm³/mol. The van der Waals surface area contributed by atoms with Crippen LogP contribution >= 0.6 is 0 Å². The molecule has 0 unspecified atom stereocenters. The Morgan fingerprint density at radius 2 is 1.64 bits per heavy atom. The molecule has 3 aromatic carbocycles. The number of aromatic nitrogens is 3. The third kappa shape index (κ3) is 5.19. The first-order valence-electron chi connectivity index (χ1n) is 11.6. The zero-order valence-corrected chi connectivity index (χ0v) is 20.8. The van der Waals surface area contributed by atoms with Crippen molar-refractivity contribution in [3.05, 3.63) is 84.2 Å². The first-order valence-corrected chi connectivity index (χ1v) is 11.6. The number of halogens is 1. The van der Waals surface area contributed by atoms with E-state index < -0.39 is 23.2 Å². The number of hydrogen-bond acceptors (Lipinski definition) is 5. The molecule has 0 radical (unpaired) electrons. The van der Waals surface area contributed by atoms with Gasteiger partial charge in [0.25, 0.3) is 0 Å². The predicted octanol–water partition coefficient (Wildman–Crippen LogP) is 4.08. The van der Waals surface area contributed by atoms with Gasteiger partial charge >= 0.3 is 0 Å². The summed E-state index contributed by atoms with van der Waals surface area (Å²) in [5, 5.41) is 11.1. The molecule has 9 heteroatoms. The minimum absolute atomic E-state index is 0.0852. The molecule has 1 heterocycles. The van der Waals surface area contributed by atoms with Crippen molar-refractivity contribution in [1.29, 1.82) is 0 Å². The molecular formula is C27H29FN6O2. The lowest BCUT2D eigenvalue weighted by Crippen LogP contribution is -2.55. The van der Waals surface area contributed by atoms with Crippen molar-refractivity contribution in [2.45, 2.75) is 32.5 Å². The molecule has 0 spiro atoms. The van der Waals surface area contributed by atoms with E-state index in [0.29, 0.717) is 22.3 Å². The molecule has 0 bridgehead atoms. The smallest absolute Gasteiger partial charge is 0.249 e. The zero-order chi connectivity index (χ0) is 25.9. The summed E-state index contributed by atoms with van der Waals surface area (Å²) in [5.41, 5.74) is 1.94. The van der Waals surface area contributed by atoms with Crippen LogP contribution in [0.5, 0.6) is 0 Å². The maximum atomic E-state index is 14.6. The third-order valence-electron chi connectivity index (χ3n) is 6.16. The second kappa shape index (κ2) is 10.2. The monoisotopic (exact) mass is 488 g/mol. The second-order valence-electron chi connectivity index (χ2n) is 9.26. The summed E-state index contributed by atoms with van der Waals surface area (Å²) >= 11 is 0. The van der Waals surface area contributed by atoms with Crippen molar-refractivity contribution in [1.82, 2.24) is 19.9 Å². The molecule has 0 aliphatic rings. The van der Waals surface area contributed by atoms with E-state index >= 15 is 0 Å². The summed E-state index contributed by atoms with van der Waals surface area (Å²) in [6.07, 6.45) is 0. The van der Waals surface area contributed by atoms with Crippen LogP contribution in [0, 0.1) is 5.82 Å². The van der Waals surface area contributed by atoms with Crippen molar-refractivity contribution in [2.75, 3.05) is 24.3 Å². The molecule has 0 aliphatic carbocycles. The van der Waals surface area contributed by atoms with Gasteiger partial charge in [-0.05, 0) is 56.3 Å². The Kier molecular flexibility index (Phi) is 7.00. The molecule has 8 nitrogen and oxygen atoms in total. The number of nitrogens with one attached hydrogen (secondary N) is 1. The van der Waals surface area contributed by atoms with Crippen molar-refractivity contribution in [3.63, 3.8) is 0 Å². The van der Waals surface area contributed by atoms with Crippen LogP contribution in [0.1, 0.15) is 19.4 Å². The van der Waals surface area contributed by atoms with Gasteiger partial charge in [0.15, 0.2) is 0 Å². The number of rotatable bonds is 8. The average Bonchev–Trinajstić information content (AvgIpc) is 3.26. The molecule has 1 N–H and O–H groups in total. The molecule has 36 heavy (non-hydrogen) atoms. The van der Waals surface area contributed by atoms with E-state index in [4.69, 9.17) is 0 Å². The van der Waals surface area contributed by atoms with Crippen LogP contribution in [0.15, 0.2) is 72.8 Å². The van der Waals surface area contributed by atoms with Gasteiger partial charge in [0.05, 0.1) is 5.52 Å². The van der Waals surface area contributed by atoms with Gasteiger partial charge in [-0.1, -0.05) is 35.5 Å². The largest absolute Gasteiger partial charge is 0.378 e. The molecule has 4 rings (SSSR count). The van der Waals surface area contributed by atoms with Crippen molar-refractivity contribution < 1.29 is 14.0 Å². The Bertz CT molecular complexity index is 1380. The van der Waals surface area contributed by atoms with Crippen molar-refractivity contribution in [2.24, 2.45) is 0 Å². The quantitative estimate of drug-likeness (QED) is 0.404. The van der Waals surface area contributed by atoms with E-state index in [2.05, 4.69) is 15.6 Å². The van der Waals surface area contributed by atoms with Crippen LogP contribution in [0.2, 0.25) is 0 Å². The number of nitrogens with zero attached hydrogens (tertiary/aromatic N) is 5. The van der Waals surface area contributed by atoms with Crippen LogP contribution in [-0.2, 0) is 22.7 Å². The van der Waals surface area contributed by atoms with Crippen LogP contribution in [0.25, 0.3) is 11.0 Å². The van der Waals surface area contributed by atoms with Gasteiger partial charge < -0.3 is 15.1 Å². The number of carbonyl (C=O) groups excluding carboxylic acids is 2. The third-order valence-corrected chi connectivity index (χ3v) is 6.16. The lowest BCUT2D eigenvalue weighted by molar-refractivity contribution is -0.145. The zero-order valence-electron chi connectivity index (χ0n) is 20.8. The highest BCUT2D eigenvalue weighted by Crippen LogP contribution is 2.24. The molecule has 0 saturated heterocycles. The fourth-order valence-corrected chi connectivity index (χ4v) is 3.89. The van der Waals surface area contributed by atoms with E-state index in [9.17, 15) is 14.0 Å². The maximum Gasteiger partial charge on any atom is 0.249 e. The molecule has 0 aliphatic heterocycles. The summed E-state index contributed by atoms with van der Waals surface area (Å²) in [5.74, 6) is -1.23. The Morgan fingerprint density at radius 3 is 2.33 bits per heavy atom. The van der Waals surface area contributed by atoms with E-state index in [1.54, 1.807) is 50.2 Å². The Balaban J connectivity index is 1.62. The lowest BCUT2D eigenvalue weighted by atomic mass is 9.99. The van der Waals surface area contributed by atoms with Crippen LogP contribution in [0.4, 0.5) is 15.8 Å². The molecule has 0 fully saturated rings. The van der Waals surface area contributed by atoms with Crippen molar-refractivity contribution >= 4 is 34.2 Å². The highest BCUT2D eigenvalue weighted by Gasteiger charge is 2.38. The number of benzene rings is 3. The van der Waals surface area contributed by atoms with Gasteiger partial charge in [0.1, 0.15) is 23.4 Å². The SMILES string of the molecule is CN(C)c1ccc(NC(=O)C(C)(C)N(Cc2ccccc2F)C(=O)Cn2nnc3ccccc32)cc1. The van der Waals surface area contributed by atoms with Gasteiger partial charge in [-0.25, -0.2) is 9.07 Å². The second-order valence-corrected chi connectivity index (χ2v) is 9.26. The van der Waals surface area contributed by atoms with Crippen LogP contribution in [0.3, 0.4) is 0 Å². The number of anilines is 2. The molecule has 0 saturated carbocycles. The van der Waals surface area contributed by atoms with Gasteiger partial charge in [-0.15, -0.1) is 5.10 Å². The highest BCUT2D eigenvalue weighted by molar-refractivity contribution is 6.00. The van der Waals surface area contributed by atoms with E-state index in [1.807, 2.05) is 49.3 Å². The molecule has 4 aromatic rings. The molecule has 186 valence electrons. The van der Waals surface area contributed by atoms with Gasteiger partial charge in [-0.2, -0.15) is 0 Å². The van der Waals surface area contributed by atoms with Crippen molar-refractivity contribution in [3.8, 4) is 0 Å². The summed E-state index contributed by atoms with van der Waals surface area (Å²) in [4.78, 5) is 30.4. The minimum atomic E-state index is -1.31. The standard InChI is InChI=1S/C27H29FN6O2/c1-27(2,26(36)29-20-13-15-21(16-14-20)32(3)4)33(17-19-9-5-6-10-22(19)28)25(35)18-34-24-12-8-7-11-23(24)30-31-34/h5-16H,17-18H2,1-4H3,(H,29,36). The number of hydrogen-bond donors (Lipinski definition) is 1. The summed E-state index contributed by atoms with van der Waals surface area (Å²) in [7, 11) is 3.86. The first kappa shape index (κ1) is 24.8. The Morgan fingerprint density at radius 1 is 0.972 bits per heavy atom. The molecule has 2 amide bonds. The Hall–Kier alpha value is -4.27. The van der Waals surface area contributed by atoms with Gasteiger partial charge in [0, 0.05) is 37.6 Å². The first-order chi connectivity index (χ1) is 17.2. The number of amides is 2. The van der Waals surface area contributed by atoms with E-state index in [1.165, 1.54) is 15.6 Å². The lowest BCUT2D eigenvalue weighted by Gasteiger charge is -2.37. The molecule has 1 aromatic heterocycles. The molecular weight excluding hydrogens is 459 g/mol. The summed E-state index contributed by atoms with van der Waals surface area (Å²) in [6.45, 7) is 3.06. The van der Waals surface area contributed by atoms with Crippen LogP contribution in [-0.4, -0.2) is 51.3 Å². The Labute approximate surface area is 209 Å².